The number of benzene rings is 1. The van der Waals surface area contributed by atoms with E-state index in [0.29, 0.717) is 0 Å². The van der Waals surface area contributed by atoms with Gasteiger partial charge < -0.3 is 19.4 Å². The lowest BCUT2D eigenvalue weighted by atomic mass is 10.2. The summed E-state index contributed by atoms with van der Waals surface area (Å²) in [5.41, 5.74) is 2.15. The van der Waals surface area contributed by atoms with Crippen molar-refractivity contribution >= 4 is 11.6 Å². The van der Waals surface area contributed by atoms with Gasteiger partial charge in [-0.2, -0.15) is 0 Å². The monoisotopic (exact) mass is 275 g/mol. The molecule has 0 aliphatic heterocycles. The van der Waals surface area contributed by atoms with Crippen LogP contribution < -0.4 is 10.1 Å². The molecule has 1 aromatic heterocycles. The zero-order valence-corrected chi connectivity index (χ0v) is 12.2. The van der Waals surface area contributed by atoms with Gasteiger partial charge in [0.05, 0.1) is 7.11 Å². The lowest BCUT2D eigenvalue weighted by molar-refractivity contribution is 0.190. The zero-order chi connectivity index (χ0) is 14.4. The van der Waals surface area contributed by atoms with E-state index in [1.165, 1.54) is 0 Å². The molecule has 5 nitrogen and oxygen atoms in total. The van der Waals surface area contributed by atoms with Crippen molar-refractivity contribution in [1.29, 1.82) is 0 Å². The molecule has 0 amide bonds. The third-order valence-corrected chi connectivity index (χ3v) is 3.14. The molecule has 0 saturated heterocycles. The summed E-state index contributed by atoms with van der Waals surface area (Å²) in [6.45, 7) is 3.67. The Labute approximate surface area is 119 Å². The molecule has 0 saturated carbocycles. The van der Waals surface area contributed by atoms with Gasteiger partial charge in [0.1, 0.15) is 5.75 Å². The number of ether oxygens (including phenoxy) is 2. The number of hydrogen-bond acceptors (Lipinski definition) is 4. The number of methoxy groups -OCH3 is 2. The number of hydrogen-bond donors (Lipinski definition) is 1. The van der Waals surface area contributed by atoms with Crippen LogP contribution in [0, 0.1) is 6.92 Å². The van der Waals surface area contributed by atoms with Gasteiger partial charge in [-0.15, -0.1) is 0 Å². The van der Waals surface area contributed by atoms with E-state index in [1.807, 2.05) is 31.3 Å². The van der Waals surface area contributed by atoms with Crippen molar-refractivity contribution in [2.24, 2.45) is 0 Å². The quantitative estimate of drug-likeness (QED) is 0.789. The van der Waals surface area contributed by atoms with Crippen LogP contribution in [0.2, 0.25) is 0 Å². The third-order valence-electron chi connectivity index (χ3n) is 3.14. The first-order chi connectivity index (χ1) is 9.74. The molecule has 0 unspecified atom stereocenters. The largest absolute Gasteiger partial charge is 0.497 e. The highest BCUT2D eigenvalue weighted by atomic mass is 16.5. The zero-order valence-electron chi connectivity index (χ0n) is 12.2. The van der Waals surface area contributed by atoms with E-state index in [9.17, 15) is 0 Å². The first-order valence-corrected chi connectivity index (χ1v) is 6.66. The number of nitrogens with one attached hydrogen (secondary N) is 1. The fraction of sp³-hybridized carbons (Fsp3) is 0.400. The maximum atomic E-state index is 5.21. The maximum Gasteiger partial charge on any atom is 0.207 e. The Balaban J connectivity index is 2.08. The predicted molar refractivity (Wildman–Crippen MR) is 79.7 cm³/mol. The minimum Gasteiger partial charge on any atom is -0.497 e. The molecule has 1 heterocycles. The van der Waals surface area contributed by atoms with Crippen molar-refractivity contribution in [1.82, 2.24) is 9.55 Å². The lowest BCUT2D eigenvalue weighted by Crippen LogP contribution is -2.06. The van der Waals surface area contributed by atoms with Crippen molar-refractivity contribution in [3.63, 3.8) is 0 Å². The summed E-state index contributed by atoms with van der Waals surface area (Å²) in [5.74, 6) is 1.70. The molecule has 0 fully saturated rings. The van der Waals surface area contributed by atoms with Crippen LogP contribution in [-0.4, -0.2) is 30.4 Å². The second kappa shape index (κ2) is 6.96. The molecule has 5 heteroatoms. The molecule has 2 aromatic rings. The molecular weight excluding hydrogens is 254 g/mol. The number of aryl methyl sites for hydroxylation is 2. The van der Waals surface area contributed by atoms with Gasteiger partial charge in [0, 0.05) is 38.3 Å². The van der Waals surface area contributed by atoms with E-state index < -0.39 is 0 Å². The van der Waals surface area contributed by atoms with Gasteiger partial charge in [0.25, 0.3) is 0 Å². The highest BCUT2D eigenvalue weighted by Gasteiger charge is 2.06. The molecule has 0 aliphatic carbocycles. The molecule has 0 radical (unpaired) electrons. The topological polar surface area (TPSA) is 48.3 Å². The van der Waals surface area contributed by atoms with Crippen LogP contribution in [0.5, 0.6) is 5.75 Å². The SMILES string of the molecule is COCCCn1ccnc1Nc1ccc(OC)cc1C. The summed E-state index contributed by atoms with van der Waals surface area (Å²) in [7, 11) is 3.39. The van der Waals surface area contributed by atoms with Crippen LogP contribution in [0.1, 0.15) is 12.0 Å². The maximum absolute atomic E-state index is 5.21. The number of nitrogens with zero attached hydrogens (tertiary/aromatic N) is 2. The fourth-order valence-electron chi connectivity index (χ4n) is 2.02. The van der Waals surface area contributed by atoms with Gasteiger partial charge in [-0.3, -0.25) is 0 Å². The Kier molecular flexibility index (Phi) is 5.01. The second-order valence-corrected chi connectivity index (χ2v) is 4.60. The van der Waals surface area contributed by atoms with E-state index in [0.717, 1.165) is 42.5 Å². The normalized spacial score (nSPS) is 10.6. The van der Waals surface area contributed by atoms with Crippen LogP contribution >= 0.6 is 0 Å². The first-order valence-electron chi connectivity index (χ1n) is 6.66. The van der Waals surface area contributed by atoms with E-state index in [-0.39, 0.29) is 0 Å². The molecule has 0 bridgehead atoms. The Morgan fingerprint density at radius 2 is 2.15 bits per heavy atom. The van der Waals surface area contributed by atoms with Crippen molar-refractivity contribution in [2.75, 3.05) is 26.1 Å². The van der Waals surface area contributed by atoms with Gasteiger partial charge >= 0.3 is 0 Å². The van der Waals surface area contributed by atoms with Crippen LogP contribution in [0.3, 0.4) is 0 Å². The van der Waals surface area contributed by atoms with Crippen molar-refractivity contribution in [2.45, 2.75) is 19.9 Å². The van der Waals surface area contributed by atoms with Crippen molar-refractivity contribution in [3.8, 4) is 5.75 Å². The molecule has 2 rings (SSSR count). The average molecular weight is 275 g/mol. The second-order valence-electron chi connectivity index (χ2n) is 4.60. The summed E-state index contributed by atoms with van der Waals surface area (Å²) in [6.07, 6.45) is 4.73. The number of anilines is 2. The van der Waals surface area contributed by atoms with Gasteiger partial charge in [0.2, 0.25) is 5.95 Å². The summed E-state index contributed by atoms with van der Waals surface area (Å²) >= 11 is 0. The molecule has 108 valence electrons. The molecule has 0 spiro atoms. The van der Waals surface area contributed by atoms with Gasteiger partial charge in [-0.25, -0.2) is 4.98 Å². The smallest absolute Gasteiger partial charge is 0.207 e. The number of aromatic nitrogens is 2. The summed E-state index contributed by atoms with van der Waals surface area (Å²) in [6, 6.07) is 5.94. The minimum absolute atomic E-state index is 0.749. The highest BCUT2D eigenvalue weighted by molar-refractivity contribution is 5.60. The Bertz CT molecular complexity index is 552. The van der Waals surface area contributed by atoms with Crippen LogP contribution in [0.25, 0.3) is 0 Å². The van der Waals surface area contributed by atoms with E-state index >= 15 is 0 Å². The molecule has 1 aromatic carbocycles. The van der Waals surface area contributed by atoms with Gasteiger partial charge in [-0.1, -0.05) is 0 Å². The van der Waals surface area contributed by atoms with E-state index in [1.54, 1.807) is 20.4 Å². The summed E-state index contributed by atoms with van der Waals surface area (Å²) < 4.78 is 12.4. The van der Waals surface area contributed by atoms with Gasteiger partial charge in [-0.05, 0) is 37.1 Å². The van der Waals surface area contributed by atoms with Crippen molar-refractivity contribution < 1.29 is 9.47 Å². The molecule has 1 N–H and O–H groups in total. The molecule has 0 atom stereocenters. The Morgan fingerprint density at radius 1 is 1.30 bits per heavy atom. The van der Waals surface area contributed by atoms with Crippen LogP contribution in [0.4, 0.5) is 11.6 Å². The van der Waals surface area contributed by atoms with E-state index in [4.69, 9.17) is 9.47 Å². The Hall–Kier alpha value is -2.01. The average Bonchev–Trinajstić information content (AvgIpc) is 2.89. The number of rotatable bonds is 7. The fourth-order valence-corrected chi connectivity index (χ4v) is 2.02. The minimum atomic E-state index is 0.749. The molecule has 0 aliphatic rings. The first kappa shape index (κ1) is 14.4. The van der Waals surface area contributed by atoms with Gasteiger partial charge in [0.15, 0.2) is 0 Å². The van der Waals surface area contributed by atoms with Crippen LogP contribution in [0.15, 0.2) is 30.6 Å². The van der Waals surface area contributed by atoms with Crippen molar-refractivity contribution in [3.05, 3.63) is 36.2 Å². The predicted octanol–water partition coefficient (Wildman–Crippen LogP) is 2.98. The van der Waals surface area contributed by atoms with E-state index in [2.05, 4.69) is 14.9 Å². The lowest BCUT2D eigenvalue weighted by Gasteiger charge is -2.12. The third kappa shape index (κ3) is 3.51. The number of imidazole rings is 1. The molecular formula is C15H21N3O2. The van der Waals surface area contributed by atoms with Crippen LogP contribution in [-0.2, 0) is 11.3 Å². The summed E-state index contributed by atoms with van der Waals surface area (Å²) in [4.78, 5) is 4.35. The highest BCUT2D eigenvalue weighted by Crippen LogP contribution is 2.23. The standard InChI is InChI=1S/C15H21N3O2/c1-12-11-13(20-3)5-6-14(12)17-15-16-7-9-18(15)8-4-10-19-2/h5-7,9,11H,4,8,10H2,1-3H3,(H,16,17). The molecule has 20 heavy (non-hydrogen) atoms. The Morgan fingerprint density at radius 3 is 2.85 bits per heavy atom. The summed E-state index contributed by atoms with van der Waals surface area (Å²) in [5, 5.41) is 3.35.